The number of carboxylic acids is 1. The van der Waals surface area contributed by atoms with Crippen LogP contribution < -0.4 is 4.90 Å². The Morgan fingerprint density at radius 2 is 1.89 bits per heavy atom. The highest BCUT2D eigenvalue weighted by Crippen LogP contribution is 2.19. The molecule has 0 aliphatic heterocycles. The highest BCUT2D eigenvalue weighted by molar-refractivity contribution is 5.97. The molecule has 0 fully saturated rings. The number of hydrogen-bond acceptors (Lipinski definition) is 4. The Hall–Kier alpha value is -2.08. The quantitative estimate of drug-likeness (QED) is 0.726. The normalized spacial score (nSPS) is 10.2. The van der Waals surface area contributed by atoms with Gasteiger partial charge in [0.2, 0.25) is 5.91 Å². The molecule has 104 valence electrons. The summed E-state index contributed by atoms with van der Waals surface area (Å²) in [4.78, 5) is 23.9. The number of phenols is 1. The number of carbonyl (C=O) groups excluding carboxylic acids is 1. The van der Waals surface area contributed by atoms with Crippen LogP contribution >= 0.6 is 0 Å². The van der Waals surface area contributed by atoms with Crippen molar-refractivity contribution in [2.75, 3.05) is 24.7 Å². The Morgan fingerprint density at radius 3 is 2.42 bits per heavy atom. The van der Waals surface area contributed by atoms with Crippen molar-refractivity contribution in [3.8, 4) is 5.75 Å². The second-order valence-corrected chi connectivity index (χ2v) is 3.84. The first kappa shape index (κ1) is 15.0. The molecule has 0 aliphatic rings. The molecule has 0 unspecified atom stereocenters. The van der Waals surface area contributed by atoms with Crippen molar-refractivity contribution in [2.45, 2.75) is 13.3 Å². The number of anilines is 1. The van der Waals surface area contributed by atoms with Crippen molar-refractivity contribution >= 4 is 17.6 Å². The minimum atomic E-state index is -1.10. The maximum Gasteiger partial charge on any atom is 0.323 e. The summed E-state index contributed by atoms with van der Waals surface area (Å²) in [5.74, 6) is -1.37. The van der Waals surface area contributed by atoms with Crippen molar-refractivity contribution in [3.05, 3.63) is 24.3 Å². The van der Waals surface area contributed by atoms with Crippen LogP contribution in [-0.4, -0.2) is 41.8 Å². The first-order chi connectivity index (χ1) is 9.04. The molecule has 1 aromatic rings. The predicted molar refractivity (Wildman–Crippen MR) is 69.2 cm³/mol. The summed E-state index contributed by atoms with van der Waals surface area (Å²) in [6, 6.07) is 5.80. The lowest BCUT2D eigenvalue weighted by Gasteiger charge is -2.20. The third-order valence-electron chi connectivity index (χ3n) is 2.42. The number of carbonyl (C=O) groups is 2. The summed E-state index contributed by atoms with van der Waals surface area (Å²) in [6.07, 6.45) is 0.113. The van der Waals surface area contributed by atoms with E-state index in [1.165, 1.54) is 24.3 Å². The Balaban J connectivity index is 2.79. The minimum absolute atomic E-state index is 0.0563. The standard InChI is InChI=1S/C13H17NO5/c1-2-19-8-7-12(16)14(9-13(17)18)10-3-5-11(15)6-4-10/h3-6,15H,2,7-9H2,1H3,(H,17,18). The topological polar surface area (TPSA) is 87.1 Å². The fraction of sp³-hybridized carbons (Fsp3) is 0.385. The van der Waals surface area contributed by atoms with Gasteiger partial charge >= 0.3 is 5.97 Å². The number of benzene rings is 1. The van der Waals surface area contributed by atoms with E-state index in [1.54, 1.807) is 0 Å². The highest BCUT2D eigenvalue weighted by Gasteiger charge is 2.18. The average Bonchev–Trinajstić information content (AvgIpc) is 2.37. The van der Waals surface area contributed by atoms with Crippen molar-refractivity contribution < 1.29 is 24.5 Å². The van der Waals surface area contributed by atoms with Gasteiger partial charge in [0.15, 0.2) is 0 Å². The molecule has 1 amide bonds. The van der Waals surface area contributed by atoms with Crippen LogP contribution in [0.25, 0.3) is 0 Å². The molecule has 0 radical (unpaired) electrons. The first-order valence-electron chi connectivity index (χ1n) is 5.93. The van der Waals surface area contributed by atoms with Gasteiger partial charge in [0.25, 0.3) is 0 Å². The van der Waals surface area contributed by atoms with E-state index in [4.69, 9.17) is 9.84 Å². The molecule has 0 aromatic heterocycles. The molecule has 19 heavy (non-hydrogen) atoms. The van der Waals surface area contributed by atoms with Crippen molar-refractivity contribution in [1.29, 1.82) is 0 Å². The number of nitrogens with zero attached hydrogens (tertiary/aromatic N) is 1. The van der Waals surface area contributed by atoms with E-state index < -0.39 is 12.5 Å². The van der Waals surface area contributed by atoms with Gasteiger partial charge in [-0.1, -0.05) is 0 Å². The van der Waals surface area contributed by atoms with Crippen molar-refractivity contribution in [1.82, 2.24) is 0 Å². The van der Waals surface area contributed by atoms with E-state index in [2.05, 4.69) is 0 Å². The van der Waals surface area contributed by atoms with Gasteiger partial charge in [0, 0.05) is 12.3 Å². The van der Waals surface area contributed by atoms with Crippen molar-refractivity contribution in [3.63, 3.8) is 0 Å². The molecule has 0 heterocycles. The number of carboxylic acid groups (broad SMARTS) is 1. The lowest BCUT2D eigenvalue weighted by atomic mass is 10.2. The number of phenolic OH excluding ortho intramolecular Hbond substituents is 1. The fourth-order valence-electron chi connectivity index (χ4n) is 1.53. The minimum Gasteiger partial charge on any atom is -0.508 e. The van der Waals surface area contributed by atoms with Gasteiger partial charge in [-0.3, -0.25) is 9.59 Å². The summed E-state index contributed by atoms with van der Waals surface area (Å²) >= 11 is 0. The lowest BCUT2D eigenvalue weighted by Crippen LogP contribution is -2.36. The molecular weight excluding hydrogens is 250 g/mol. The molecular formula is C13H17NO5. The number of ether oxygens (including phenoxy) is 1. The predicted octanol–water partition coefficient (Wildman–Crippen LogP) is 1.24. The van der Waals surface area contributed by atoms with E-state index in [0.717, 1.165) is 4.90 Å². The summed E-state index contributed by atoms with van der Waals surface area (Å²) in [7, 11) is 0. The summed E-state index contributed by atoms with van der Waals surface area (Å²) in [5.41, 5.74) is 0.432. The number of rotatable bonds is 7. The number of aromatic hydroxyl groups is 1. The van der Waals surface area contributed by atoms with E-state index in [9.17, 15) is 14.7 Å². The molecule has 0 bridgehead atoms. The zero-order valence-electron chi connectivity index (χ0n) is 10.7. The zero-order chi connectivity index (χ0) is 14.3. The van der Waals surface area contributed by atoms with Crippen LogP contribution in [0.15, 0.2) is 24.3 Å². The molecule has 6 nitrogen and oxygen atoms in total. The number of aliphatic carboxylic acids is 1. The second-order valence-electron chi connectivity index (χ2n) is 3.84. The maximum absolute atomic E-state index is 12.0. The molecule has 6 heteroatoms. The van der Waals surface area contributed by atoms with Crippen LogP contribution in [0.4, 0.5) is 5.69 Å². The third-order valence-corrected chi connectivity index (χ3v) is 2.42. The Bertz CT molecular complexity index is 429. The van der Waals surface area contributed by atoms with E-state index in [-0.39, 0.29) is 24.7 Å². The van der Waals surface area contributed by atoms with Gasteiger partial charge in [-0.25, -0.2) is 0 Å². The number of hydrogen-bond donors (Lipinski definition) is 2. The lowest BCUT2D eigenvalue weighted by molar-refractivity contribution is -0.136. The number of amides is 1. The van der Waals surface area contributed by atoms with Crippen LogP contribution in [0.2, 0.25) is 0 Å². The van der Waals surface area contributed by atoms with Crippen LogP contribution in [0.1, 0.15) is 13.3 Å². The summed E-state index contributed by atoms with van der Waals surface area (Å²) in [6.45, 7) is 2.16. The molecule has 1 aromatic carbocycles. The van der Waals surface area contributed by atoms with Crippen LogP contribution in [0, 0.1) is 0 Å². The van der Waals surface area contributed by atoms with Gasteiger partial charge in [0.05, 0.1) is 13.0 Å². The average molecular weight is 267 g/mol. The summed E-state index contributed by atoms with van der Waals surface area (Å²) < 4.78 is 5.08. The molecule has 1 rings (SSSR count). The van der Waals surface area contributed by atoms with E-state index >= 15 is 0 Å². The van der Waals surface area contributed by atoms with Crippen molar-refractivity contribution in [2.24, 2.45) is 0 Å². The van der Waals surface area contributed by atoms with Crippen LogP contribution in [0.3, 0.4) is 0 Å². The Morgan fingerprint density at radius 1 is 1.26 bits per heavy atom. The third kappa shape index (κ3) is 4.97. The highest BCUT2D eigenvalue weighted by atomic mass is 16.5. The van der Waals surface area contributed by atoms with Gasteiger partial charge in [-0.2, -0.15) is 0 Å². The Kier molecular flexibility index (Phi) is 5.81. The van der Waals surface area contributed by atoms with E-state index in [0.29, 0.717) is 12.3 Å². The maximum atomic E-state index is 12.0. The molecule has 0 saturated heterocycles. The molecule has 0 atom stereocenters. The van der Waals surface area contributed by atoms with Gasteiger partial charge in [-0.05, 0) is 31.2 Å². The van der Waals surface area contributed by atoms with Crippen LogP contribution in [-0.2, 0) is 14.3 Å². The molecule has 0 aliphatic carbocycles. The smallest absolute Gasteiger partial charge is 0.323 e. The van der Waals surface area contributed by atoms with Gasteiger partial charge in [0.1, 0.15) is 12.3 Å². The SMILES string of the molecule is CCOCCC(=O)N(CC(=O)O)c1ccc(O)cc1. The summed E-state index contributed by atoms with van der Waals surface area (Å²) in [5, 5.41) is 18.0. The first-order valence-corrected chi connectivity index (χ1v) is 5.93. The fourth-order valence-corrected chi connectivity index (χ4v) is 1.53. The van der Waals surface area contributed by atoms with Gasteiger partial charge in [-0.15, -0.1) is 0 Å². The second kappa shape index (κ2) is 7.38. The molecule has 0 spiro atoms. The Labute approximate surface area is 111 Å². The zero-order valence-corrected chi connectivity index (χ0v) is 10.7. The largest absolute Gasteiger partial charge is 0.508 e. The van der Waals surface area contributed by atoms with Crippen LogP contribution in [0.5, 0.6) is 5.75 Å². The monoisotopic (exact) mass is 267 g/mol. The molecule has 0 saturated carbocycles. The molecule has 2 N–H and O–H groups in total. The van der Waals surface area contributed by atoms with Gasteiger partial charge < -0.3 is 19.8 Å². The van der Waals surface area contributed by atoms with E-state index in [1.807, 2.05) is 6.92 Å².